The molecule has 0 aromatic carbocycles. The van der Waals surface area contributed by atoms with Crippen LogP contribution >= 0.6 is 0 Å². The van der Waals surface area contributed by atoms with Crippen LogP contribution in [0.2, 0.25) is 0 Å². The summed E-state index contributed by atoms with van der Waals surface area (Å²) in [6.45, 7) is 11.6. The van der Waals surface area contributed by atoms with E-state index >= 15 is 0 Å². The Kier molecular flexibility index (Phi) is 8.67. The van der Waals surface area contributed by atoms with Crippen molar-refractivity contribution in [3.63, 3.8) is 0 Å². The molecule has 3 nitrogen and oxygen atoms in total. The Morgan fingerprint density at radius 3 is 2.53 bits per heavy atom. The molecule has 0 heterocycles. The second kappa shape index (κ2) is 8.89. The van der Waals surface area contributed by atoms with Gasteiger partial charge in [0.05, 0.1) is 12.7 Å². The van der Waals surface area contributed by atoms with Crippen molar-refractivity contribution < 1.29 is 9.84 Å². The quantitative estimate of drug-likeness (QED) is 0.574. The fourth-order valence-electron chi connectivity index (χ4n) is 1.17. The molecule has 0 spiro atoms. The van der Waals surface area contributed by atoms with Crippen LogP contribution in [0.25, 0.3) is 0 Å². The molecule has 0 aliphatic carbocycles. The van der Waals surface area contributed by atoms with Gasteiger partial charge in [-0.1, -0.05) is 19.9 Å². The summed E-state index contributed by atoms with van der Waals surface area (Å²) in [5.74, 6) is 0.518. The molecule has 15 heavy (non-hydrogen) atoms. The molecule has 90 valence electrons. The maximum Gasteiger partial charge on any atom is 0.0897 e. The lowest BCUT2D eigenvalue weighted by Gasteiger charge is -2.16. The Morgan fingerprint density at radius 1 is 1.33 bits per heavy atom. The lowest BCUT2D eigenvalue weighted by Crippen LogP contribution is -2.35. The van der Waals surface area contributed by atoms with E-state index in [4.69, 9.17) is 4.74 Å². The predicted molar refractivity (Wildman–Crippen MR) is 63.9 cm³/mol. The predicted octanol–water partition coefficient (Wildman–Crippen LogP) is 1.57. The number of hydrogen-bond donors (Lipinski definition) is 2. The molecule has 2 unspecified atom stereocenters. The monoisotopic (exact) mass is 215 g/mol. The summed E-state index contributed by atoms with van der Waals surface area (Å²) in [5, 5.41) is 12.8. The minimum Gasteiger partial charge on any atom is -0.389 e. The van der Waals surface area contributed by atoms with E-state index in [0.717, 1.165) is 6.42 Å². The molecule has 0 aromatic heterocycles. The Balaban J connectivity index is 3.39. The molecular weight excluding hydrogens is 190 g/mol. The topological polar surface area (TPSA) is 41.5 Å². The van der Waals surface area contributed by atoms with Gasteiger partial charge in [0, 0.05) is 19.2 Å². The van der Waals surface area contributed by atoms with Crippen LogP contribution < -0.4 is 5.32 Å². The minimum atomic E-state index is -0.420. The average molecular weight is 215 g/mol. The van der Waals surface area contributed by atoms with Crippen molar-refractivity contribution in [3.05, 3.63) is 12.7 Å². The summed E-state index contributed by atoms with van der Waals surface area (Å²) in [5.41, 5.74) is 0. The Bertz CT molecular complexity index is 160. The van der Waals surface area contributed by atoms with Crippen LogP contribution in [-0.2, 0) is 4.74 Å². The van der Waals surface area contributed by atoms with E-state index in [-0.39, 0.29) is 0 Å². The van der Waals surface area contributed by atoms with Crippen LogP contribution in [0.1, 0.15) is 27.2 Å². The molecule has 0 aliphatic rings. The number of nitrogens with one attached hydrogen (secondary N) is 1. The molecule has 3 heteroatoms. The fraction of sp³-hybridized carbons (Fsp3) is 0.833. The van der Waals surface area contributed by atoms with Crippen molar-refractivity contribution in [2.75, 3.05) is 19.8 Å². The zero-order valence-corrected chi connectivity index (χ0v) is 10.2. The fourth-order valence-corrected chi connectivity index (χ4v) is 1.17. The third-order valence-corrected chi connectivity index (χ3v) is 1.98. The molecule has 0 saturated heterocycles. The first-order valence-corrected chi connectivity index (χ1v) is 5.66. The molecular formula is C12H25NO2. The van der Waals surface area contributed by atoms with Crippen molar-refractivity contribution in [3.8, 4) is 0 Å². The van der Waals surface area contributed by atoms with Crippen LogP contribution in [0.5, 0.6) is 0 Å². The van der Waals surface area contributed by atoms with Gasteiger partial charge in [0.2, 0.25) is 0 Å². The number of ether oxygens (including phenoxy) is 1. The highest BCUT2D eigenvalue weighted by atomic mass is 16.5. The van der Waals surface area contributed by atoms with Gasteiger partial charge in [0.25, 0.3) is 0 Å². The molecule has 0 aromatic rings. The lowest BCUT2D eigenvalue weighted by atomic mass is 10.2. The first-order chi connectivity index (χ1) is 7.06. The summed E-state index contributed by atoms with van der Waals surface area (Å²) >= 11 is 0. The zero-order valence-electron chi connectivity index (χ0n) is 10.2. The van der Waals surface area contributed by atoms with Gasteiger partial charge < -0.3 is 15.2 Å². The SMILES string of the molecule is C=CCC(C)NCC(O)COCC(C)C. The molecule has 0 saturated carbocycles. The third kappa shape index (κ3) is 9.91. The van der Waals surface area contributed by atoms with Gasteiger partial charge in [-0.3, -0.25) is 0 Å². The Labute approximate surface area is 93.5 Å². The van der Waals surface area contributed by atoms with Gasteiger partial charge >= 0.3 is 0 Å². The van der Waals surface area contributed by atoms with Gasteiger partial charge in [0.1, 0.15) is 0 Å². The van der Waals surface area contributed by atoms with Crippen LogP contribution in [-0.4, -0.2) is 37.0 Å². The van der Waals surface area contributed by atoms with E-state index in [0.29, 0.717) is 31.7 Å². The smallest absolute Gasteiger partial charge is 0.0897 e. The van der Waals surface area contributed by atoms with Crippen LogP contribution in [0, 0.1) is 5.92 Å². The summed E-state index contributed by atoms with van der Waals surface area (Å²) in [6, 6.07) is 0.363. The first kappa shape index (κ1) is 14.6. The molecule has 0 aliphatic heterocycles. The minimum absolute atomic E-state index is 0.363. The van der Waals surface area contributed by atoms with E-state index < -0.39 is 6.10 Å². The molecule has 0 rings (SSSR count). The van der Waals surface area contributed by atoms with Gasteiger partial charge in [-0.15, -0.1) is 6.58 Å². The summed E-state index contributed by atoms with van der Waals surface area (Å²) in [6.07, 6.45) is 2.37. The number of aliphatic hydroxyl groups excluding tert-OH is 1. The lowest BCUT2D eigenvalue weighted by molar-refractivity contribution is 0.0252. The standard InChI is InChI=1S/C12H25NO2/c1-5-6-11(4)13-7-12(14)9-15-8-10(2)3/h5,10-14H,1,6-9H2,2-4H3. The molecule has 2 N–H and O–H groups in total. The molecule has 2 atom stereocenters. The molecule has 0 radical (unpaired) electrons. The van der Waals surface area contributed by atoms with Crippen molar-refractivity contribution in [1.82, 2.24) is 5.32 Å². The van der Waals surface area contributed by atoms with E-state index in [9.17, 15) is 5.11 Å². The van der Waals surface area contributed by atoms with Gasteiger partial charge in [-0.25, -0.2) is 0 Å². The second-order valence-corrected chi connectivity index (χ2v) is 4.42. The van der Waals surface area contributed by atoms with E-state index in [1.54, 1.807) is 0 Å². The summed E-state index contributed by atoms with van der Waals surface area (Å²) in [7, 11) is 0. The summed E-state index contributed by atoms with van der Waals surface area (Å²) < 4.78 is 5.34. The highest BCUT2D eigenvalue weighted by molar-refractivity contribution is 4.75. The van der Waals surface area contributed by atoms with Gasteiger partial charge in [-0.05, 0) is 19.3 Å². The van der Waals surface area contributed by atoms with Crippen LogP contribution in [0.3, 0.4) is 0 Å². The zero-order chi connectivity index (χ0) is 11.7. The van der Waals surface area contributed by atoms with Gasteiger partial charge in [-0.2, -0.15) is 0 Å². The Hall–Kier alpha value is -0.380. The maximum absolute atomic E-state index is 9.57. The first-order valence-electron chi connectivity index (χ1n) is 5.66. The van der Waals surface area contributed by atoms with E-state index in [1.165, 1.54) is 0 Å². The number of rotatable bonds is 9. The van der Waals surface area contributed by atoms with Crippen molar-refractivity contribution in [2.45, 2.75) is 39.3 Å². The largest absolute Gasteiger partial charge is 0.389 e. The third-order valence-electron chi connectivity index (χ3n) is 1.98. The van der Waals surface area contributed by atoms with Gasteiger partial charge in [0.15, 0.2) is 0 Å². The molecule has 0 fully saturated rings. The van der Waals surface area contributed by atoms with Crippen molar-refractivity contribution in [1.29, 1.82) is 0 Å². The number of aliphatic hydroxyl groups is 1. The van der Waals surface area contributed by atoms with E-state index in [1.807, 2.05) is 6.08 Å². The van der Waals surface area contributed by atoms with E-state index in [2.05, 4.69) is 32.7 Å². The average Bonchev–Trinajstić information content (AvgIpc) is 2.14. The van der Waals surface area contributed by atoms with Crippen molar-refractivity contribution >= 4 is 0 Å². The highest BCUT2D eigenvalue weighted by Gasteiger charge is 2.06. The van der Waals surface area contributed by atoms with Crippen LogP contribution in [0.4, 0.5) is 0 Å². The van der Waals surface area contributed by atoms with Crippen molar-refractivity contribution in [2.24, 2.45) is 5.92 Å². The maximum atomic E-state index is 9.57. The van der Waals surface area contributed by atoms with Crippen LogP contribution in [0.15, 0.2) is 12.7 Å². The summed E-state index contributed by atoms with van der Waals surface area (Å²) in [4.78, 5) is 0. The normalized spacial score (nSPS) is 15.3. The molecule has 0 bridgehead atoms. The Morgan fingerprint density at radius 2 is 2.00 bits per heavy atom. The number of hydrogen-bond acceptors (Lipinski definition) is 3. The second-order valence-electron chi connectivity index (χ2n) is 4.42. The molecule has 0 amide bonds. The highest BCUT2D eigenvalue weighted by Crippen LogP contribution is 1.95.